The van der Waals surface area contributed by atoms with Crippen LogP contribution in [0.1, 0.15) is 13.3 Å². The van der Waals surface area contributed by atoms with E-state index >= 15 is 0 Å². The van der Waals surface area contributed by atoms with Crippen LogP contribution in [0.4, 0.5) is 0 Å². The molecule has 0 unspecified atom stereocenters. The molecule has 0 aromatic heterocycles. The third-order valence-electron chi connectivity index (χ3n) is 1.15. The van der Waals surface area contributed by atoms with Crippen LogP contribution in [0.3, 0.4) is 0 Å². The van der Waals surface area contributed by atoms with Gasteiger partial charge in [-0.2, -0.15) is 23.4 Å². The Balaban J connectivity index is 5.18. The summed E-state index contributed by atoms with van der Waals surface area (Å²) in [5, 5.41) is 0. The molecule has 0 fully saturated rings. The standard InChI is InChI=1S/C3H6Br2O6S2/c1-2-3(12(6,7)10-4)13(8,9)11-5/h3H,2H2,1H3. The molecule has 10 heteroatoms. The number of halogens is 2. The van der Waals surface area contributed by atoms with Gasteiger partial charge in [0.1, 0.15) is 32.5 Å². The summed E-state index contributed by atoms with van der Waals surface area (Å²) in [6, 6.07) is 0. The zero-order chi connectivity index (χ0) is 10.7. The Morgan fingerprint density at radius 1 is 1.08 bits per heavy atom. The average molecular weight is 362 g/mol. The van der Waals surface area contributed by atoms with Gasteiger partial charge >= 0.3 is 0 Å². The van der Waals surface area contributed by atoms with E-state index in [2.05, 4.69) is 39.1 Å². The van der Waals surface area contributed by atoms with E-state index in [-0.39, 0.29) is 6.42 Å². The number of hydrogen-bond acceptors (Lipinski definition) is 6. The highest BCUT2D eigenvalue weighted by atomic mass is 79.9. The van der Waals surface area contributed by atoms with Crippen molar-refractivity contribution < 1.29 is 23.4 Å². The quantitative estimate of drug-likeness (QED) is 0.726. The van der Waals surface area contributed by atoms with E-state index in [1.54, 1.807) is 0 Å². The van der Waals surface area contributed by atoms with Crippen molar-refractivity contribution in [2.24, 2.45) is 0 Å². The molecule has 13 heavy (non-hydrogen) atoms. The van der Waals surface area contributed by atoms with E-state index in [0.717, 1.165) is 0 Å². The zero-order valence-electron chi connectivity index (χ0n) is 6.31. The molecule has 0 saturated carbocycles. The lowest BCUT2D eigenvalue weighted by atomic mass is 10.6. The second-order valence-electron chi connectivity index (χ2n) is 1.95. The lowest BCUT2D eigenvalue weighted by Gasteiger charge is -2.10. The lowest BCUT2D eigenvalue weighted by molar-refractivity contribution is 0.496. The molecule has 0 amide bonds. The van der Waals surface area contributed by atoms with Gasteiger partial charge in [-0.25, -0.2) is 0 Å². The maximum absolute atomic E-state index is 11.0. The van der Waals surface area contributed by atoms with Crippen molar-refractivity contribution in [3.63, 3.8) is 0 Å². The molecular weight excluding hydrogens is 356 g/mol. The Hall–Kier alpha value is 0.780. The molecule has 0 aliphatic heterocycles. The molecule has 80 valence electrons. The summed E-state index contributed by atoms with van der Waals surface area (Å²) in [7, 11) is -8.41. The molecule has 0 aliphatic rings. The minimum absolute atomic E-state index is 0.179. The van der Waals surface area contributed by atoms with Crippen LogP contribution < -0.4 is 0 Å². The predicted molar refractivity (Wildman–Crippen MR) is 51.9 cm³/mol. The second-order valence-corrected chi connectivity index (χ2v) is 7.20. The van der Waals surface area contributed by atoms with Crippen LogP contribution in [0, 0.1) is 0 Å². The van der Waals surface area contributed by atoms with E-state index in [4.69, 9.17) is 0 Å². The van der Waals surface area contributed by atoms with E-state index < -0.39 is 24.8 Å². The Morgan fingerprint density at radius 2 is 1.38 bits per heavy atom. The molecule has 0 aromatic rings. The monoisotopic (exact) mass is 360 g/mol. The molecule has 0 heterocycles. The van der Waals surface area contributed by atoms with Crippen LogP contribution in [0.5, 0.6) is 0 Å². The van der Waals surface area contributed by atoms with Gasteiger partial charge < -0.3 is 0 Å². The molecule has 0 rings (SSSR count). The van der Waals surface area contributed by atoms with Crippen LogP contribution in [-0.2, 0) is 26.8 Å². The largest absolute Gasteiger partial charge is 0.297 e. The molecule has 0 saturated heterocycles. The summed E-state index contributed by atoms with van der Waals surface area (Å²) in [6.07, 6.45) is -0.179. The molecule has 0 spiro atoms. The zero-order valence-corrected chi connectivity index (χ0v) is 11.1. The summed E-state index contributed by atoms with van der Waals surface area (Å²) in [5.41, 5.74) is 0. The topological polar surface area (TPSA) is 86.7 Å². The predicted octanol–water partition coefficient (Wildman–Crippen LogP) is 1.04. The highest BCUT2D eigenvalue weighted by Crippen LogP contribution is 2.20. The maximum Gasteiger partial charge on any atom is 0.297 e. The van der Waals surface area contributed by atoms with Crippen LogP contribution >= 0.6 is 32.5 Å². The van der Waals surface area contributed by atoms with Gasteiger partial charge in [0, 0.05) is 0 Å². The van der Waals surface area contributed by atoms with Crippen molar-refractivity contribution in [2.45, 2.75) is 17.9 Å². The van der Waals surface area contributed by atoms with Gasteiger partial charge in [-0.3, -0.25) is 0 Å². The average Bonchev–Trinajstić information content (AvgIpc) is 2.05. The fourth-order valence-corrected chi connectivity index (χ4v) is 4.71. The Kier molecular flexibility index (Phi) is 5.33. The van der Waals surface area contributed by atoms with Gasteiger partial charge in [0.15, 0.2) is 0 Å². The highest BCUT2D eigenvalue weighted by Gasteiger charge is 2.38. The molecule has 6 nitrogen and oxygen atoms in total. The van der Waals surface area contributed by atoms with Gasteiger partial charge in [-0.1, -0.05) is 6.92 Å². The minimum Gasteiger partial charge on any atom is -0.197 e. The van der Waals surface area contributed by atoms with Crippen molar-refractivity contribution in [3.05, 3.63) is 0 Å². The lowest BCUT2D eigenvalue weighted by Crippen LogP contribution is -2.29. The molecule has 0 radical (unpaired) electrons. The summed E-state index contributed by atoms with van der Waals surface area (Å²) < 4.78 is 50.0. The normalized spacial score (nSPS) is 13.5. The van der Waals surface area contributed by atoms with Crippen LogP contribution in [0.2, 0.25) is 0 Å². The minimum atomic E-state index is -4.21. The number of rotatable bonds is 5. The fourth-order valence-electron chi connectivity index (χ4n) is 0.634. The Morgan fingerprint density at radius 3 is 1.54 bits per heavy atom. The van der Waals surface area contributed by atoms with E-state index in [0.29, 0.717) is 0 Å². The van der Waals surface area contributed by atoms with E-state index in [1.165, 1.54) is 6.92 Å². The summed E-state index contributed by atoms with van der Waals surface area (Å²) >= 11 is 4.42. The molecule has 0 aliphatic carbocycles. The summed E-state index contributed by atoms with van der Waals surface area (Å²) in [4.78, 5) is 0. The Bertz CT molecular complexity index is 310. The first kappa shape index (κ1) is 13.8. The smallest absolute Gasteiger partial charge is 0.197 e. The molecule has 0 N–H and O–H groups in total. The molecule has 0 atom stereocenters. The van der Waals surface area contributed by atoms with Crippen LogP contribution in [0.15, 0.2) is 0 Å². The Labute approximate surface area is 93.7 Å². The first-order valence-corrected chi connectivity index (χ1v) is 7.13. The van der Waals surface area contributed by atoms with Gasteiger partial charge in [0.25, 0.3) is 20.2 Å². The van der Waals surface area contributed by atoms with Gasteiger partial charge in [-0.05, 0) is 6.42 Å². The van der Waals surface area contributed by atoms with Gasteiger partial charge in [0.2, 0.25) is 4.58 Å². The molecular formula is C3H6Br2O6S2. The van der Waals surface area contributed by atoms with Crippen LogP contribution in [-0.4, -0.2) is 21.4 Å². The van der Waals surface area contributed by atoms with Crippen molar-refractivity contribution in [3.8, 4) is 0 Å². The van der Waals surface area contributed by atoms with Gasteiger partial charge in [0.05, 0.1) is 0 Å². The number of hydrogen-bond donors (Lipinski definition) is 0. The van der Waals surface area contributed by atoms with Crippen molar-refractivity contribution in [2.75, 3.05) is 0 Å². The molecule has 0 bridgehead atoms. The third-order valence-corrected chi connectivity index (χ3v) is 7.08. The van der Waals surface area contributed by atoms with Crippen molar-refractivity contribution in [1.29, 1.82) is 0 Å². The van der Waals surface area contributed by atoms with Crippen molar-refractivity contribution >= 4 is 52.8 Å². The fraction of sp³-hybridized carbons (Fsp3) is 1.00. The molecule has 0 aromatic carbocycles. The summed E-state index contributed by atoms with van der Waals surface area (Å²) in [5.74, 6) is 0. The maximum atomic E-state index is 11.0. The first-order chi connectivity index (χ1) is 5.81. The third kappa shape index (κ3) is 3.44. The highest BCUT2D eigenvalue weighted by molar-refractivity contribution is 9.07. The van der Waals surface area contributed by atoms with E-state index in [1.807, 2.05) is 0 Å². The van der Waals surface area contributed by atoms with E-state index in [9.17, 15) is 16.8 Å². The SMILES string of the molecule is CCC(S(=O)(=O)OBr)S(=O)(=O)OBr. The second kappa shape index (κ2) is 5.03. The first-order valence-electron chi connectivity index (χ1n) is 2.90. The van der Waals surface area contributed by atoms with Gasteiger partial charge in [-0.15, -0.1) is 0 Å². The van der Waals surface area contributed by atoms with Crippen LogP contribution in [0.25, 0.3) is 0 Å². The van der Waals surface area contributed by atoms with Crippen molar-refractivity contribution in [1.82, 2.24) is 0 Å². The summed E-state index contributed by atoms with van der Waals surface area (Å²) in [6.45, 7) is 1.37.